The lowest BCUT2D eigenvalue weighted by Gasteiger charge is -2.23. The number of hydrogen-bond acceptors (Lipinski definition) is 8. The Labute approximate surface area is 221 Å². The number of hydrogen-bond donors (Lipinski definition) is 2. The molecule has 5 rings (SSSR count). The van der Waals surface area contributed by atoms with Crippen molar-refractivity contribution in [2.45, 2.75) is 19.4 Å². The second kappa shape index (κ2) is 10.1. The van der Waals surface area contributed by atoms with Gasteiger partial charge in [0.15, 0.2) is 16.6 Å². The van der Waals surface area contributed by atoms with E-state index < -0.39 is 29.3 Å². The molecule has 0 radical (unpaired) electrons. The highest BCUT2D eigenvalue weighted by molar-refractivity contribution is 7.22. The van der Waals surface area contributed by atoms with Gasteiger partial charge < -0.3 is 19.7 Å². The quantitative estimate of drug-likeness (QED) is 0.181. The van der Waals surface area contributed by atoms with E-state index in [1.165, 1.54) is 48.4 Å². The summed E-state index contributed by atoms with van der Waals surface area (Å²) in [4.78, 5) is 32.5. The molecule has 38 heavy (non-hydrogen) atoms. The molecule has 1 aliphatic heterocycles. The number of aliphatic hydroxyl groups excluding tert-OH is 1. The molecule has 1 unspecified atom stereocenters. The van der Waals surface area contributed by atoms with Gasteiger partial charge in [-0.2, -0.15) is 0 Å². The third-order valence-electron chi connectivity index (χ3n) is 6.09. The van der Waals surface area contributed by atoms with E-state index >= 15 is 0 Å². The molecule has 1 atom stereocenters. The van der Waals surface area contributed by atoms with Crippen LogP contribution in [0.1, 0.15) is 30.5 Å². The Balaban J connectivity index is 1.71. The van der Waals surface area contributed by atoms with E-state index in [0.29, 0.717) is 33.7 Å². The number of phenolic OH excluding ortho intramolecular Hbond substituents is 1. The fourth-order valence-electron chi connectivity index (χ4n) is 4.31. The number of aromatic nitrogens is 1. The monoisotopic (exact) mass is 534 g/mol. The number of aliphatic hydroxyl groups is 1. The first-order valence-electron chi connectivity index (χ1n) is 11.8. The number of fused-ring (bicyclic) bond motifs is 1. The number of carbonyl (C=O) groups excluding carboxylic acids is 2. The van der Waals surface area contributed by atoms with Gasteiger partial charge in [-0.05, 0) is 54.4 Å². The number of halogens is 1. The van der Waals surface area contributed by atoms with Crippen molar-refractivity contribution in [3.8, 4) is 17.2 Å². The number of nitrogens with zero attached hydrogens (tertiary/aromatic N) is 2. The fourth-order valence-corrected chi connectivity index (χ4v) is 5.32. The average Bonchev–Trinajstić information content (AvgIpc) is 3.45. The summed E-state index contributed by atoms with van der Waals surface area (Å²) in [5, 5.41) is 21.7. The lowest BCUT2D eigenvalue weighted by molar-refractivity contribution is -0.132. The van der Waals surface area contributed by atoms with Crippen molar-refractivity contribution >= 4 is 44.1 Å². The predicted molar refractivity (Wildman–Crippen MR) is 141 cm³/mol. The fraction of sp³-hybridized carbons (Fsp3) is 0.179. The summed E-state index contributed by atoms with van der Waals surface area (Å²) in [7, 11) is 1.37. The Bertz CT molecular complexity index is 1600. The van der Waals surface area contributed by atoms with Crippen LogP contribution in [0, 0.1) is 5.82 Å². The van der Waals surface area contributed by atoms with Crippen LogP contribution in [-0.4, -0.2) is 40.6 Å². The molecule has 2 N–H and O–H groups in total. The highest BCUT2D eigenvalue weighted by Crippen LogP contribution is 2.45. The van der Waals surface area contributed by atoms with Crippen molar-refractivity contribution in [1.82, 2.24) is 4.98 Å². The van der Waals surface area contributed by atoms with Crippen molar-refractivity contribution < 1.29 is 33.7 Å². The number of ketones is 1. The molecule has 1 saturated heterocycles. The van der Waals surface area contributed by atoms with Gasteiger partial charge in [0.05, 0.1) is 35.5 Å². The Morgan fingerprint density at radius 1 is 1.13 bits per heavy atom. The second-order valence-electron chi connectivity index (χ2n) is 8.59. The van der Waals surface area contributed by atoms with Crippen LogP contribution in [0.25, 0.3) is 16.0 Å². The van der Waals surface area contributed by atoms with Crippen molar-refractivity contribution in [3.05, 3.63) is 83.2 Å². The molecule has 1 aliphatic rings. The zero-order valence-electron chi connectivity index (χ0n) is 20.5. The molecule has 0 aliphatic carbocycles. The molecule has 0 spiro atoms. The van der Waals surface area contributed by atoms with Gasteiger partial charge in [-0.25, -0.2) is 9.37 Å². The van der Waals surface area contributed by atoms with Gasteiger partial charge in [0.1, 0.15) is 17.3 Å². The van der Waals surface area contributed by atoms with Crippen LogP contribution in [0.3, 0.4) is 0 Å². The third-order valence-corrected chi connectivity index (χ3v) is 7.11. The molecule has 4 aromatic rings. The first-order valence-corrected chi connectivity index (χ1v) is 12.6. The van der Waals surface area contributed by atoms with E-state index in [4.69, 9.17) is 9.47 Å². The van der Waals surface area contributed by atoms with Crippen molar-refractivity contribution in [2.75, 3.05) is 18.6 Å². The highest BCUT2D eigenvalue weighted by Gasteiger charge is 2.48. The summed E-state index contributed by atoms with van der Waals surface area (Å²) < 4.78 is 25.2. The van der Waals surface area contributed by atoms with Crippen molar-refractivity contribution in [3.63, 3.8) is 0 Å². The van der Waals surface area contributed by atoms with Gasteiger partial charge in [-0.1, -0.05) is 36.5 Å². The molecular formula is C28H23FN2O6S. The van der Waals surface area contributed by atoms with Crippen molar-refractivity contribution in [1.29, 1.82) is 0 Å². The molecule has 1 fully saturated rings. The minimum Gasteiger partial charge on any atom is -0.507 e. The number of aromatic hydroxyl groups is 1. The Morgan fingerprint density at radius 2 is 1.95 bits per heavy atom. The zero-order chi connectivity index (χ0) is 27.0. The number of carbonyl (C=O) groups is 2. The van der Waals surface area contributed by atoms with Gasteiger partial charge in [-0.15, -0.1) is 0 Å². The number of Topliss-reactive ketones (excluding diaryl/α,β-unsaturated/α-hetero) is 1. The number of rotatable bonds is 7. The normalized spacial score (nSPS) is 16.8. The van der Waals surface area contributed by atoms with Gasteiger partial charge in [0.25, 0.3) is 5.78 Å². The summed E-state index contributed by atoms with van der Waals surface area (Å²) in [6.07, 6.45) is 0.788. The van der Waals surface area contributed by atoms with Crippen LogP contribution in [0.5, 0.6) is 17.2 Å². The van der Waals surface area contributed by atoms with Crippen LogP contribution in [0.2, 0.25) is 0 Å². The van der Waals surface area contributed by atoms with Gasteiger partial charge in [0.2, 0.25) is 0 Å². The number of anilines is 1. The van der Waals surface area contributed by atoms with Crippen molar-refractivity contribution in [2.24, 2.45) is 0 Å². The smallest absolute Gasteiger partial charge is 0.301 e. The second-order valence-corrected chi connectivity index (χ2v) is 9.59. The number of methoxy groups -OCH3 is 1. The van der Waals surface area contributed by atoms with Crippen LogP contribution in [-0.2, 0) is 9.59 Å². The lowest BCUT2D eigenvalue weighted by atomic mass is 9.95. The van der Waals surface area contributed by atoms with E-state index in [9.17, 15) is 24.2 Å². The molecule has 0 bridgehead atoms. The van der Waals surface area contributed by atoms with E-state index in [1.807, 2.05) is 6.92 Å². The maximum absolute atomic E-state index is 13.8. The first kappa shape index (κ1) is 25.2. The van der Waals surface area contributed by atoms with Crippen LogP contribution in [0.15, 0.2) is 66.2 Å². The summed E-state index contributed by atoms with van der Waals surface area (Å²) in [5.41, 5.74) is 0.972. The predicted octanol–water partition coefficient (Wildman–Crippen LogP) is 5.56. The molecule has 8 nitrogen and oxygen atoms in total. The molecule has 1 amide bonds. The summed E-state index contributed by atoms with van der Waals surface area (Å²) in [6, 6.07) is 13.9. The highest BCUT2D eigenvalue weighted by atomic mass is 32.1. The third kappa shape index (κ3) is 4.43. The molecule has 2 heterocycles. The lowest BCUT2D eigenvalue weighted by Crippen LogP contribution is -2.29. The van der Waals surface area contributed by atoms with Crippen LogP contribution < -0.4 is 14.4 Å². The van der Waals surface area contributed by atoms with Gasteiger partial charge in [-0.3, -0.25) is 14.5 Å². The molecule has 1 aromatic heterocycles. The summed E-state index contributed by atoms with van der Waals surface area (Å²) in [5.74, 6) is -2.18. The molecule has 3 aromatic carbocycles. The summed E-state index contributed by atoms with van der Waals surface area (Å²) >= 11 is 1.04. The number of ether oxygens (including phenoxy) is 2. The van der Waals surface area contributed by atoms with E-state index in [1.54, 1.807) is 24.3 Å². The summed E-state index contributed by atoms with van der Waals surface area (Å²) in [6.45, 7) is 2.44. The Hall–Kier alpha value is -4.44. The van der Waals surface area contributed by atoms with E-state index in [-0.39, 0.29) is 22.2 Å². The molecule has 0 saturated carbocycles. The maximum Gasteiger partial charge on any atom is 0.301 e. The topological polar surface area (TPSA) is 109 Å². The van der Waals surface area contributed by atoms with E-state index in [0.717, 1.165) is 17.8 Å². The molecular weight excluding hydrogens is 511 g/mol. The van der Waals surface area contributed by atoms with Crippen LogP contribution >= 0.6 is 11.3 Å². The molecule has 10 heteroatoms. The maximum atomic E-state index is 13.8. The van der Waals surface area contributed by atoms with Gasteiger partial charge >= 0.3 is 5.91 Å². The Morgan fingerprint density at radius 3 is 2.71 bits per heavy atom. The number of phenols is 1. The average molecular weight is 535 g/mol. The van der Waals surface area contributed by atoms with E-state index in [2.05, 4.69) is 4.98 Å². The Kier molecular flexibility index (Phi) is 6.73. The molecule has 194 valence electrons. The zero-order valence-corrected chi connectivity index (χ0v) is 21.3. The minimum absolute atomic E-state index is 0.120. The minimum atomic E-state index is -1.10. The largest absolute Gasteiger partial charge is 0.507 e. The standard InChI is InChI=1S/C28H23FN2O6S/c1-3-11-37-18-6-4-5-16(12-18)25(33)23-24(15-7-10-20(32)21(13-15)36-2)31(27(35)26(23)34)28-30-19-9-8-17(29)14-22(19)38-28/h4-10,12-14,24,32-33H,3,11H2,1-2H3. The number of benzene rings is 3. The van der Waals surface area contributed by atoms with Crippen LogP contribution in [0.4, 0.5) is 9.52 Å². The number of amides is 1. The number of thiazole rings is 1. The first-order chi connectivity index (χ1) is 18.3. The van der Waals surface area contributed by atoms with Gasteiger partial charge in [0, 0.05) is 5.56 Å². The SMILES string of the molecule is CCCOc1cccc(C(O)=C2C(=O)C(=O)N(c3nc4ccc(F)cc4s3)C2c2ccc(O)c(OC)c2)c1.